The highest BCUT2D eigenvalue weighted by Gasteiger charge is 2.44. The lowest BCUT2D eigenvalue weighted by Crippen LogP contribution is -2.59. The second-order valence-electron chi connectivity index (χ2n) is 17.8. The summed E-state index contributed by atoms with van der Waals surface area (Å²) in [4.78, 5) is 21.9. The van der Waals surface area contributed by atoms with Gasteiger partial charge in [-0.1, -0.05) is 78.9 Å². The molecule has 8 nitrogen and oxygen atoms in total. The lowest BCUT2D eigenvalue weighted by Gasteiger charge is -2.33. The number of nitrogens with zero attached hydrogens (tertiary/aromatic N) is 6. The van der Waals surface area contributed by atoms with Gasteiger partial charge in [-0.3, -0.25) is 9.13 Å². The molecule has 0 atom stereocenters. The van der Waals surface area contributed by atoms with Gasteiger partial charge in [0.1, 0.15) is 33.7 Å². The first-order chi connectivity index (χ1) is 30.6. The molecule has 7 aromatic carbocycles. The lowest BCUT2D eigenvalue weighted by atomic mass is 9.34. The fraction of sp³-hybridized carbons (Fsp3) is 0.148. The molecule has 2 aliphatic rings. The summed E-state index contributed by atoms with van der Waals surface area (Å²) in [6.45, 7) is 17.0. The number of hydrogen-bond acceptors (Lipinski definition) is 6. The van der Waals surface area contributed by atoms with Crippen LogP contribution < -0.4 is 16.4 Å². The predicted molar refractivity (Wildman–Crippen MR) is 255 cm³/mol. The van der Waals surface area contributed by atoms with Crippen molar-refractivity contribution in [3.63, 3.8) is 0 Å². The molecule has 11 aromatic rings. The minimum Gasteiger partial charge on any atom is -0.436 e. The highest BCUT2D eigenvalue weighted by molar-refractivity contribution is 7.00. The molecule has 4 aromatic heterocycles. The zero-order valence-electron chi connectivity index (χ0n) is 36.4. The highest BCUT2D eigenvalue weighted by Crippen LogP contribution is 2.43. The summed E-state index contributed by atoms with van der Waals surface area (Å²) in [6.07, 6.45) is 0. The van der Waals surface area contributed by atoms with E-state index in [2.05, 4.69) is 168 Å². The maximum absolute atomic E-state index is 6.89. The van der Waals surface area contributed by atoms with Crippen LogP contribution in [0.1, 0.15) is 44.5 Å². The number of rotatable bonds is 4. The fourth-order valence-corrected chi connectivity index (χ4v) is 11.1. The third-order valence-corrected chi connectivity index (χ3v) is 13.9. The van der Waals surface area contributed by atoms with Gasteiger partial charge in [0, 0.05) is 33.6 Å². The van der Waals surface area contributed by atoms with Gasteiger partial charge in [-0.05, 0) is 141 Å². The van der Waals surface area contributed by atoms with E-state index in [0.717, 1.165) is 134 Å². The first-order valence-electron chi connectivity index (χ1n) is 21.7. The van der Waals surface area contributed by atoms with Crippen LogP contribution in [-0.4, -0.2) is 35.8 Å². The first kappa shape index (κ1) is 36.2. The molecule has 0 aliphatic carbocycles. The van der Waals surface area contributed by atoms with Crippen molar-refractivity contribution in [2.75, 3.05) is 0 Å². The smallest absolute Gasteiger partial charge is 0.252 e. The van der Waals surface area contributed by atoms with E-state index in [9.17, 15) is 0 Å². The zero-order valence-corrected chi connectivity index (χ0v) is 36.4. The van der Waals surface area contributed by atoms with Crippen molar-refractivity contribution >= 4 is 67.4 Å². The van der Waals surface area contributed by atoms with Crippen LogP contribution in [0.5, 0.6) is 0 Å². The molecular formula is C54H41BN6O2. The SMILES string of the molecule is Cc1cccc(C)c1-c1nc2c(cc3c4c2nc(-c2c(C)cccc2C)n4-c2cccc4c2B3c2cc3oc(-c5c(C)cccc5C)nc3c3nc(-c5c(C)cccc5C)n-4c23)o1. The van der Waals surface area contributed by atoms with Crippen molar-refractivity contribution in [2.45, 2.75) is 55.4 Å². The summed E-state index contributed by atoms with van der Waals surface area (Å²) in [5.41, 5.74) is 25.5. The standard InChI is InChI=1S/C54H41BN6O2/c1-26-14-9-15-27(2)40(26)51-56-47-45-38(62-53(58-45)42-30(5)18-11-19-31(42)6)24-34-49(47)60(51)36-22-13-23-37-44(36)55(34)35-25-39-46(59-54(63-39)43-32(7)20-12-21-33(43)8)48-50(35)61(37)52(57-48)41-28(3)16-10-17-29(41)4/h9-25H,1-8H3. The van der Waals surface area contributed by atoms with Gasteiger partial charge in [-0.15, -0.1) is 0 Å². The van der Waals surface area contributed by atoms with Gasteiger partial charge in [0.25, 0.3) is 6.71 Å². The number of aryl methyl sites for hydroxylation is 8. The molecule has 0 amide bonds. The Bertz CT molecular complexity index is 3530. The van der Waals surface area contributed by atoms with Crippen LogP contribution in [0.2, 0.25) is 0 Å². The first-order valence-corrected chi connectivity index (χ1v) is 21.7. The fourth-order valence-electron chi connectivity index (χ4n) is 11.1. The Morgan fingerprint density at radius 2 is 0.730 bits per heavy atom. The molecule has 0 radical (unpaired) electrons. The predicted octanol–water partition coefficient (Wildman–Crippen LogP) is 10.9. The van der Waals surface area contributed by atoms with Gasteiger partial charge < -0.3 is 8.83 Å². The molecule has 0 fully saturated rings. The van der Waals surface area contributed by atoms with Crippen LogP contribution in [0.15, 0.2) is 112 Å². The van der Waals surface area contributed by atoms with Crippen LogP contribution in [0.3, 0.4) is 0 Å². The van der Waals surface area contributed by atoms with Crippen molar-refractivity contribution in [3.8, 4) is 57.1 Å². The minimum absolute atomic E-state index is 0.220. The van der Waals surface area contributed by atoms with Gasteiger partial charge in [-0.25, -0.2) is 19.9 Å². The minimum atomic E-state index is -0.220. The Balaban J connectivity index is 1.20. The quantitative estimate of drug-likeness (QED) is 0.164. The van der Waals surface area contributed by atoms with Crippen LogP contribution in [0.25, 0.3) is 101 Å². The van der Waals surface area contributed by atoms with E-state index in [-0.39, 0.29) is 6.71 Å². The van der Waals surface area contributed by atoms with E-state index in [1.54, 1.807) is 0 Å². The third kappa shape index (κ3) is 4.71. The molecule has 9 heteroatoms. The summed E-state index contributed by atoms with van der Waals surface area (Å²) in [5.74, 6) is 2.98. The number of fused-ring (bicyclic) bond motifs is 8. The van der Waals surface area contributed by atoms with Gasteiger partial charge in [0.15, 0.2) is 11.2 Å². The van der Waals surface area contributed by atoms with E-state index >= 15 is 0 Å². The van der Waals surface area contributed by atoms with E-state index < -0.39 is 0 Å². The third-order valence-electron chi connectivity index (χ3n) is 13.9. The number of hydrogen-bond donors (Lipinski definition) is 0. The monoisotopic (exact) mass is 816 g/mol. The van der Waals surface area contributed by atoms with Crippen molar-refractivity contribution in [1.82, 2.24) is 29.1 Å². The van der Waals surface area contributed by atoms with Crippen molar-refractivity contribution < 1.29 is 8.83 Å². The molecule has 63 heavy (non-hydrogen) atoms. The Hall–Kier alpha value is -7.52. The highest BCUT2D eigenvalue weighted by atomic mass is 16.4. The zero-order chi connectivity index (χ0) is 42.7. The largest absolute Gasteiger partial charge is 0.436 e. The summed E-state index contributed by atoms with van der Waals surface area (Å²) in [5, 5.41) is 0. The second-order valence-corrected chi connectivity index (χ2v) is 17.8. The normalized spacial score (nSPS) is 12.7. The van der Waals surface area contributed by atoms with E-state index in [1.165, 1.54) is 5.46 Å². The molecule has 0 spiro atoms. The molecule has 0 N–H and O–H groups in total. The Morgan fingerprint density at radius 1 is 0.397 bits per heavy atom. The molecule has 2 aliphatic heterocycles. The van der Waals surface area contributed by atoms with Crippen LogP contribution >= 0.6 is 0 Å². The summed E-state index contributed by atoms with van der Waals surface area (Å²) < 4.78 is 18.6. The Kier molecular flexibility index (Phi) is 7.20. The van der Waals surface area contributed by atoms with Gasteiger partial charge in [0.05, 0.1) is 11.0 Å². The van der Waals surface area contributed by atoms with Crippen LogP contribution in [-0.2, 0) is 0 Å². The van der Waals surface area contributed by atoms with E-state index in [0.29, 0.717) is 22.9 Å². The molecule has 0 saturated heterocycles. The number of imidazole rings is 2. The van der Waals surface area contributed by atoms with Crippen molar-refractivity contribution in [1.29, 1.82) is 0 Å². The molecule has 0 unspecified atom stereocenters. The van der Waals surface area contributed by atoms with Gasteiger partial charge >= 0.3 is 0 Å². The van der Waals surface area contributed by atoms with Crippen LogP contribution in [0, 0.1) is 55.4 Å². The Labute approximate surface area is 364 Å². The molecule has 13 rings (SSSR count). The van der Waals surface area contributed by atoms with Crippen molar-refractivity contribution in [3.05, 3.63) is 148 Å². The Morgan fingerprint density at radius 3 is 1.10 bits per heavy atom. The maximum Gasteiger partial charge on any atom is 0.252 e. The summed E-state index contributed by atoms with van der Waals surface area (Å²) in [6, 6.07) is 36.8. The summed E-state index contributed by atoms with van der Waals surface area (Å²) in [7, 11) is 0. The lowest BCUT2D eigenvalue weighted by molar-refractivity contribution is 0.618. The maximum atomic E-state index is 6.89. The number of aromatic nitrogens is 6. The number of benzene rings is 7. The molecular weight excluding hydrogens is 775 g/mol. The summed E-state index contributed by atoms with van der Waals surface area (Å²) >= 11 is 0. The molecule has 6 heterocycles. The topological polar surface area (TPSA) is 87.7 Å². The van der Waals surface area contributed by atoms with E-state index in [1.807, 2.05) is 0 Å². The average Bonchev–Trinajstić information content (AvgIpc) is 4.04. The van der Waals surface area contributed by atoms with E-state index in [4.69, 9.17) is 28.8 Å². The van der Waals surface area contributed by atoms with Gasteiger partial charge in [0.2, 0.25) is 11.8 Å². The second kappa shape index (κ2) is 12.5. The number of oxazole rings is 2. The average molecular weight is 817 g/mol. The molecule has 0 bridgehead atoms. The van der Waals surface area contributed by atoms with Crippen molar-refractivity contribution in [2.24, 2.45) is 0 Å². The molecule has 0 saturated carbocycles. The van der Waals surface area contributed by atoms with Gasteiger partial charge in [-0.2, -0.15) is 0 Å². The van der Waals surface area contributed by atoms with Crippen LogP contribution in [0.4, 0.5) is 0 Å². The molecule has 302 valence electrons.